The van der Waals surface area contributed by atoms with Crippen molar-refractivity contribution < 1.29 is 4.79 Å². The van der Waals surface area contributed by atoms with E-state index in [4.69, 9.17) is 5.73 Å². The fourth-order valence-corrected chi connectivity index (χ4v) is 3.06. The third-order valence-corrected chi connectivity index (χ3v) is 4.57. The van der Waals surface area contributed by atoms with Gasteiger partial charge in [0.05, 0.1) is 5.69 Å². The monoisotopic (exact) mass is 425 g/mol. The Hall–Kier alpha value is -4.30. The summed E-state index contributed by atoms with van der Waals surface area (Å²) >= 11 is 0. The number of nitrogens with zero attached hydrogens (tertiary/aromatic N) is 3. The Bertz CT molecular complexity index is 1200. The van der Waals surface area contributed by atoms with Gasteiger partial charge in [-0.2, -0.15) is 0 Å². The Kier molecular flexibility index (Phi) is 6.64. The average Bonchev–Trinajstić information content (AvgIpc) is 2.84. The van der Waals surface area contributed by atoms with E-state index in [1.165, 1.54) is 0 Å². The number of amides is 1. The first-order valence-corrected chi connectivity index (χ1v) is 10.2. The topological polar surface area (TPSA) is 118 Å². The van der Waals surface area contributed by atoms with Crippen LogP contribution in [0.25, 0.3) is 11.3 Å². The second-order valence-electron chi connectivity index (χ2n) is 6.94. The lowest BCUT2D eigenvalue weighted by molar-refractivity contribution is 0.102. The van der Waals surface area contributed by atoms with Gasteiger partial charge in [0.2, 0.25) is 5.95 Å². The Morgan fingerprint density at radius 2 is 1.69 bits per heavy atom. The van der Waals surface area contributed by atoms with Gasteiger partial charge in [-0.3, -0.25) is 4.79 Å². The van der Waals surface area contributed by atoms with E-state index in [9.17, 15) is 4.79 Å². The van der Waals surface area contributed by atoms with Crippen molar-refractivity contribution >= 4 is 29.0 Å². The summed E-state index contributed by atoms with van der Waals surface area (Å²) in [5.41, 5.74) is 9.24. The number of carbonyl (C=O) groups excluding carboxylic acids is 1. The van der Waals surface area contributed by atoms with Crippen molar-refractivity contribution in [3.05, 3.63) is 90.8 Å². The van der Waals surface area contributed by atoms with Crippen LogP contribution < -0.4 is 21.7 Å². The zero-order valence-electron chi connectivity index (χ0n) is 17.3. The van der Waals surface area contributed by atoms with Crippen LogP contribution in [0.5, 0.6) is 0 Å². The van der Waals surface area contributed by atoms with E-state index in [1.54, 1.807) is 24.5 Å². The van der Waals surface area contributed by atoms with Crippen LogP contribution in [0.4, 0.5) is 23.1 Å². The molecule has 0 radical (unpaired) electrons. The molecular weight excluding hydrogens is 402 g/mol. The number of hydrogen-bond acceptors (Lipinski definition) is 7. The molecule has 0 unspecified atom stereocenters. The van der Waals surface area contributed by atoms with Gasteiger partial charge in [-0.25, -0.2) is 15.0 Å². The number of anilines is 4. The quantitative estimate of drug-likeness (QED) is 0.338. The van der Waals surface area contributed by atoms with Crippen molar-refractivity contribution in [3.63, 3.8) is 0 Å². The summed E-state index contributed by atoms with van der Waals surface area (Å²) in [4.78, 5) is 25.6. The number of rotatable bonds is 8. The van der Waals surface area contributed by atoms with Crippen molar-refractivity contribution in [3.8, 4) is 11.3 Å². The van der Waals surface area contributed by atoms with Crippen LogP contribution in [0.15, 0.2) is 85.2 Å². The van der Waals surface area contributed by atoms with Gasteiger partial charge >= 0.3 is 0 Å². The maximum absolute atomic E-state index is 12.4. The van der Waals surface area contributed by atoms with Crippen molar-refractivity contribution in [1.29, 1.82) is 0 Å². The molecule has 160 valence electrons. The highest BCUT2D eigenvalue weighted by Crippen LogP contribution is 2.22. The number of hydrogen-bond donors (Lipinski definition) is 4. The summed E-state index contributed by atoms with van der Waals surface area (Å²) in [7, 11) is 0. The van der Waals surface area contributed by atoms with Crippen LogP contribution in [0.1, 0.15) is 10.4 Å². The normalized spacial score (nSPS) is 10.4. The van der Waals surface area contributed by atoms with Crippen molar-refractivity contribution in [1.82, 2.24) is 15.0 Å². The van der Waals surface area contributed by atoms with Crippen LogP contribution in [0, 0.1) is 0 Å². The molecule has 0 fully saturated rings. The Morgan fingerprint density at radius 1 is 0.875 bits per heavy atom. The van der Waals surface area contributed by atoms with E-state index >= 15 is 0 Å². The molecule has 1 amide bonds. The first-order chi connectivity index (χ1) is 15.7. The van der Waals surface area contributed by atoms with Gasteiger partial charge in [0.1, 0.15) is 5.82 Å². The summed E-state index contributed by atoms with van der Waals surface area (Å²) in [6.45, 7) is 1.17. The molecule has 0 aliphatic rings. The summed E-state index contributed by atoms with van der Waals surface area (Å²) in [5.74, 6) is 1.02. The number of aromatic nitrogens is 3. The van der Waals surface area contributed by atoms with Gasteiger partial charge in [0, 0.05) is 48.0 Å². The molecule has 0 bridgehead atoms. The number of nitrogens with two attached hydrogens (primary N) is 1. The average molecular weight is 425 g/mol. The molecule has 0 saturated carbocycles. The lowest BCUT2D eigenvalue weighted by atomic mass is 10.2. The number of benzene rings is 2. The zero-order valence-corrected chi connectivity index (χ0v) is 17.3. The van der Waals surface area contributed by atoms with Gasteiger partial charge in [0.25, 0.3) is 5.91 Å². The minimum Gasteiger partial charge on any atom is -0.369 e. The van der Waals surface area contributed by atoms with Gasteiger partial charge < -0.3 is 21.7 Å². The van der Waals surface area contributed by atoms with Gasteiger partial charge in [-0.15, -0.1) is 0 Å². The molecule has 0 saturated heterocycles. The van der Waals surface area contributed by atoms with Crippen LogP contribution in [0.3, 0.4) is 0 Å². The molecule has 4 aromatic rings. The fourth-order valence-electron chi connectivity index (χ4n) is 3.06. The molecule has 2 aromatic carbocycles. The van der Waals surface area contributed by atoms with E-state index in [1.807, 2.05) is 60.7 Å². The summed E-state index contributed by atoms with van der Waals surface area (Å²) in [6.07, 6.45) is 3.42. The zero-order chi connectivity index (χ0) is 22.2. The van der Waals surface area contributed by atoms with Crippen LogP contribution in [-0.4, -0.2) is 33.9 Å². The highest BCUT2D eigenvalue weighted by molar-refractivity contribution is 6.04. The van der Waals surface area contributed by atoms with Crippen molar-refractivity contribution in [2.75, 3.05) is 29.0 Å². The highest BCUT2D eigenvalue weighted by atomic mass is 16.1. The fraction of sp³-hybridized carbons (Fsp3) is 0.0833. The molecule has 0 aliphatic heterocycles. The van der Waals surface area contributed by atoms with E-state index < -0.39 is 0 Å². The maximum atomic E-state index is 12.4. The summed E-state index contributed by atoms with van der Waals surface area (Å²) in [5, 5.41) is 9.26. The molecule has 0 atom stereocenters. The minimum atomic E-state index is -0.169. The maximum Gasteiger partial charge on any atom is 0.255 e. The molecule has 0 spiro atoms. The minimum absolute atomic E-state index is 0.169. The third kappa shape index (κ3) is 5.44. The lowest BCUT2D eigenvalue weighted by Crippen LogP contribution is -2.13. The first kappa shape index (κ1) is 21.0. The second-order valence-corrected chi connectivity index (χ2v) is 6.94. The number of carbonyl (C=O) groups is 1. The standard InChI is InChI=1S/C24H23N7O/c25-11-14-27-22-15-18(9-12-26-22)21-10-13-28-24(31-21)30-20-8-4-7-19(16-20)29-23(32)17-5-2-1-3-6-17/h1-10,12-13,15-16H,11,14,25H2,(H,26,27)(H,29,32)(H,28,30,31). The van der Waals surface area contributed by atoms with Crippen molar-refractivity contribution in [2.24, 2.45) is 5.73 Å². The predicted molar refractivity (Wildman–Crippen MR) is 127 cm³/mol. The largest absolute Gasteiger partial charge is 0.369 e. The smallest absolute Gasteiger partial charge is 0.255 e. The van der Waals surface area contributed by atoms with Crippen molar-refractivity contribution in [2.45, 2.75) is 0 Å². The number of nitrogens with one attached hydrogen (secondary N) is 3. The van der Waals surface area contributed by atoms with E-state index in [0.717, 1.165) is 22.8 Å². The Labute approximate surface area is 186 Å². The molecule has 5 N–H and O–H groups in total. The first-order valence-electron chi connectivity index (χ1n) is 10.2. The molecule has 2 heterocycles. The summed E-state index contributed by atoms with van der Waals surface area (Å²) in [6, 6.07) is 22.1. The molecule has 8 heteroatoms. The van der Waals surface area contributed by atoms with Crippen LogP contribution in [-0.2, 0) is 0 Å². The molecular formula is C24H23N7O. The van der Waals surface area contributed by atoms with Gasteiger partial charge in [-0.1, -0.05) is 24.3 Å². The Balaban J connectivity index is 1.48. The second kappa shape index (κ2) is 10.1. The predicted octanol–water partition coefficient (Wildman–Crippen LogP) is 3.91. The molecule has 8 nitrogen and oxygen atoms in total. The molecule has 0 aliphatic carbocycles. The van der Waals surface area contributed by atoms with Crippen LogP contribution in [0.2, 0.25) is 0 Å². The number of pyridine rings is 1. The van der Waals surface area contributed by atoms with Gasteiger partial charge in [0.15, 0.2) is 0 Å². The van der Waals surface area contributed by atoms with E-state index in [-0.39, 0.29) is 5.91 Å². The SMILES string of the molecule is NCCNc1cc(-c2ccnc(Nc3cccc(NC(=O)c4ccccc4)c3)n2)ccn1. The molecule has 32 heavy (non-hydrogen) atoms. The lowest BCUT2D eigenvalue weighted by Gasteiger charge is -2.10. The van der Waals surface area contributed by atoms with E-state index in [0.29, 0.717) is 30.3 Å². The summed E-state index contributed by atoms with van der Waals surface area (Å²) < 4.78 is 0. The molecule has 4 rings (SSSR count). The van der Waals surface area contributed by atoms with E-state index in [2.05, 4.69) is 30.9 Å². The highest BCUT2D eigenvalue weighted by Gasteiger charge is 2.07. The van der Waals surface area contributed by atoms with Gasteiger partial charge in [-0.05, 0) is 48.5 Å². The van der Waals surface area contributed by atoms with Crippen LogP contribution >= 0.6 is 0 Å². The third-order valence-electron chi connectivity index (χ3n) is 4.57. The Morgan fingerprint density at radius 3 is 2.53 bits per heavy atom. The molecule has 2 aromatic heterocycles.